The SMILES string of the molecule is CCNCCCCS(=O)(=O)NCCc1ccc(F)cc1C. The van der Waals surface area contributed by atoms with E-state index in [0.717, 1.165) is 30.6 Å². The summed E-state index contributed by atoms with van der Waals surface area (Å²) in [5.74, 6) is -0.113. The Hall–Kier alpha value is -0.980. The van der Waals surface area contributed by atoms with E-state index >= 15 is 0 Å². The van der Waals surface area contributed by atoms with Crippen LogP contribution in [0, 0.1) is 12.7 Å². The lowest BCUT2D eigenvalue weighted by molar-refractivity contribution is 0.574. The molecule has 0 radical (unpaired) electrons. The van der Waals surface area contributed by atoms with E-state index in [1.807, 2.05) is 13.8 Å². The maximum Gasteiger partial charge on any atom is 0.211 e. The number of halogens is 1. The molecule has 6 heteroatoms. The molecule has 0 aromatic heterocycles. The van der Waals surface area contributed by atoms with Crippen LogP contribution in [0.4, 0.5) is 4.39 Å². The highest BCUT2D eigenvalue weighted by Crippen LogP contribution is 2.10. The first-order valence-electron chi connectivity index (χ1n) is 7.37. The maximum atomic E-state index is 13.0. The molecule has 0 amide bonds. The first-order valence-corrected chi connectivity index (χ1v) is 9.03. The van der Waals surface area contributed by atoms with Crippen LogP contribution in [0.25, 0.3) is 0 Å². The van der Waals surface area contributed by atoms with Crippen molar-refractivity contribution in [1.82, 2.24) is 10.0 Å². The summed E-state index contributed by atoms with van der Waals surface area (Å²) in [4.78, 5) is 0. The number of benzene rings is 1. The molecule has 0 heterocycles. The van der Waals surface area contributed by atoms with Crippen molar-refractivity contribution >= 4 is 10.0 Å². The van der Waals surface area contributed by atoms with Gasteiger partial charge >= 0.3 is 0 Å². The van der Waals surface area contributed by atoms with Gasteiger partial charge in [0, 0.05) is 6.54 Å². The molecule has 4 nitrogen and oxygen atoms in total. The number of rotatable bonds is 10. The second-order valence-corrected chi connectivity index (χ2v) is 7.02. The van der Waals surface area contributed by atoms with Gasteiger partial charge in [0.15, 0.2) is 0 Å². The number of aryl methyl sites for hydroxylation is 1. The third kappa shape index (κ3) is 7.55. The zero-order valence-electron chi connectivity index (χ0n) is 12.8. The normalized spacial score (nSPS) is 11.8. The van der Waals surface area contributed by atoms with Crippen molar-refractivity contribution in [3.05, 3.63) is 35.1 Å². The molecule has 0 bridgehead atoms. The van der Waals surface area contributed by atoms with Gasteiger partial charge in [-0.2, -0.15) is 0 Å². The van der Waals surface area contributed by atoms with Crippen LogP contribution >= 0.6 is 0 Å². The highest BCUT2D eigenvalue weighted by Gasteiger charge is 2.09. The van der Waals surface area contributed by atoms with E-state index in [1.165, 1.54) is 12.1 Å². The van der Waals surface area contributed by atoms with Gasteiger partial charge in [0.25, 0.3) is 0 Å². The van der Waals surface area contributed by atoms with Crippen LogP contribution in [-0.4, -0.2) is 33.8 Å². The largest absolute Gasteiger partial charge is 0.317 e. The van der Waals surface area contributed by atoms with Crippen molar-refractivity contribution in [3.8, 4) is 0 Å². The quantitative estimate of drug-likeness (QED) is 0.649. The maximum absolute atomic E-state index is 13.0. The van der Waals surface area contributed by atoms with Gasteiger partial charge in [0.1, 0.15) is 5.82 Å². The molecule has 120 valence electrons. The topological polar surface area (TPSA) is 58.2 Å². The predicted molar refractivity (Wildman–Crippen MR) is 84.4 cm³/mol. The van der Waals surface area contributed by atoms with Crippen molar-refractivity contribution in [2.75, 3.05) is 25.4 Å². The Morgan fingerprint density at radius 2 is 1.95 bits per heavy atom. The molecule has 0 aliphatic heterocycles. The summed E-state index contributed by atoms with van der Waals surface area (Å²) in [5, 5.41) is 3.16. The minimum atomic E-state index is -3.21. The summed E-state index contributed by atoms with van der Waals surface area (Å²) in [6.45, 7) is 5.95. The van der Waals surface area contributed by atoms with Crippen molar-refractivity contribution < 1.29 is 12.8 Å². The Kier molecular flexibility index (Phi) is 7.85. The molecule has 0 atom stereocenters. The van der Waals surface area contributed by atoms with Crippen molar-refractivity contribution in [1.29, 1.82) is 0 Å². The van der Waals surface area contributed by atoms with Crippen LogP contribution < -0.4 is 10.0 Å². The van der Waals surface area contributed by atoms with E-state index in [4.69, 9.17) is 0 Å². The Morgan fingerprint density at radius 1 is 1.19 bits per heavy atom. The van der Waals surface area contributed by atoms with Gasteiger partial charge in [0.2, 0.25) is 10.0 Å². The zero-order valence-corrected chi connectivity index (χ0v) is 13.6. The molecule has 0 saturated heterocycles. The molecule has 1 aromatic rings. The van der Waals surface area contributed by atoms with Gasteiger partial charge in [-0.25, -0.2) is 17.5 Å². The first-order chi connectivity index (χ1) is 9.94. The number of unbranched alkanes of at least 4 members (excludes halogenated alkanes) is 1. The smallest absolute Gasteiger partial charge is 0.211 e. The number of hydrogen-bond acceptors (Lipinski definition) is 3. The molecule has 0 spiro atoms. The summed E-state index contributed by atoms with van der Waals surface area (Å²) in [5.41, 5.74) is 1.81. The fourth-order valence-corrected chi connectivity index (χ4v) is 3.21. The van der Waals surface area contributed by atoms with Crippen molar-refractivity contribution in [2.24, 2.45) is 0 Å². The van der Waals surface area contributed by atoms with Gasteiger partial charge in [-0.1, -0.05) is 13.0 Å². The monoisotopic (exact) mass is 316 g/mol. The lowest BCUT2D eigenvalue weighted by Crippen LogP contribution is -2.29. The third-order valence-corrected chi connectivity index (χ3v) is 4.76. The van der Waals surface area contributed by atoms with Gasteiger partial charge in [-0.3, -0.25) is 0 Å². The lowest BCUT2D eigenvalue weighted by atomic mass is 10.1. The van der Waals surface area contributed by atoms with Crippen molar-refractivity contribution in [2.45, 2.75) is 33.1 Å². The third-order valence-electron chi connectivity index (χ3n) is 3.29. The molecule has 1 aromatic carbocycles. The summed E-state index contributed by atoms with van der Waals surface area (Å²) in [6, 6.07) is 4.57. The average Bonchev–Trinajstić information content (AvgIpc) is 2.41. The molecule has 0 saturated carbocycles. The summed E-state index contributed by atoms with van der Waals surface area (Å²) < 4.78 is 39.2. The number of sulfonamides is 1. The Balaban J connectivity index is 2.30. The summed E-state index contributed by atoms with van der Waals surface area (Å²) in [6.07, 6.45) is 2.08. The molecular formula is C15H25FN2O2S. The molecule has 1 rings (SSSR count). The van der Waals surface area contributed by atoms with E-state index < -0.39 is 10.0 Å². The molecule has 0 unspecified atom stereocenters. The molecule has 0 aliphatic rings. The standard InChI is InChI=1S/C15H25FN2O2S/c1-3-17-9-4-5-11-21(19,20)18-10-8-14-6-7-15(16)12-13(14)2/h6-7,12,17-18H,3-5,8-11H2,1-2H3. The molecular weight excluding hydrogens is 291 g/mol. The highest BCUT2D eigenvalue weighted by atomic mass is 32.2. The van der Waals surface area contributed by atoms with Crippen LogP contribution in [0.5, 0.6) is 0 Å². The van der Waals surface area contributed by atoms with E-state index in [-0.39, 0.29) is 11.6 Å². The Labute approximate surface area is 127 Å². The highest BCUT2D eigenvalue weighted by molar-refractivity contribution is 7.89. The van der Waals surface area contributed by atoms with E-state index in [9.17, 15) is 12.8 Å². The molecule has 0 aliphatic carbocycles. The van der Waals surface area contributed by atoms with Gasteiger partial charge in [-0.15, -0.1) is 0 Å². The van der Waals surface area contributed by atoms with Crippen molar-refractivity contribution in [3.63, 3.8) is 0 Å². The molecule has 2 N–H and O–H groups in total. The fraction of sp³-hybridized carbons (Fsp3) is 0.600. The van der Waals surface area contributed by atoms with Gasteiger partial charge in [-0.05, 0) is 62.5 Å². The second-order valence-electron chi connectivity index (χ2n) is 5.09. The number of hydrogen-bond donors (Lipinski definition) is 2. The lowest BCUT2D eigenvalue weighted by Gasteiger charge is -2.09. The molecule has 0 fully saturated rings. The Morgan fingerprint density at radius 3 is 2.62 bits per heavy atom. The van der Waals surface area contributed by atoms with Crippen LogP contribution in [0.15, 0.2) is 18.2 Å². The van der Waals surface area contributed by atoms with Gasteiger partial charge < -0.3 is 5.32 Å². The number of nitrogens with one attached hydrogen (secondary N) is 2. The summed E-state index contributed by atoms with van der Waals surface area (Å²) >= 11 is 0. The van der Waals surface area contributed by atoms with E-state index in [2.05, 4.69) is 10.0 Å². The Bertz CT molecular complexity index is 532. The first kappa shape index (κ1) is 18.1. The molecule has 21 heavy (non-hydrogen) atoms. The minimum Gasteiger partial charge on any atom is -0.317 e. The second kappa shape index (κ2) is 9.12. The van der Waals surface area contributed by atoms with Crippen LogP contribution in [0.3, 0.4) is 0 Å². The van der Waals surface area contributed by atoms with E-state index in [0.29, 0.717) is 19.4 Å². The zero-order chi connectivity index (χ0) is 15.7. The average molecular weight is 316 g/mol. The summed E-state index contributed by atoms with van der Waals surface area (Å²) in [7, 11) is -3.21. The predicted octanol–water partition coefficient (Wildman–Crippen LogP) is 1.99. The fourth-order valence-electron chi connectivity index (χ4n) is 2.07. The van der Waals surface area contributed by atoms with Crippen LogP contribution in [0.1, 0.15) is 30.9 Å². The van der Waals surface area contributed by atoms with Gasteiger partial charge in [0.05, 0.1) is 5.75 Å². The van der Waals surface area contributed by atoms with Crippen LogP contribution in [-0.2, 0) is 16.4 Å². The van der Waals surface area contributed by atoms with Crippen LogP contribution in [0.2, 0.25) is 0 Å². The minimum absolute atomic E-state index is 0.154. The van der Waals surface area contributed by atoms with E-state index in [1.54, 1.807) is 6.07 Å².